The second-order valence-electron chi connectivity index (χ2n) is 7.01. The average Bonchev–Trinajstić information content (AvgIpc) is 2.44. The van der Waals surface area contributed by atoms with Gasteiger partial charge in [-0.2, -0.15) is 0 Å². The van der Waals surface area contributed by atoms with Crippen LogP contribution in [0.15, 0.2) is 0 Å². The lowest BCUT2D eigenvalue weighted by molar-refractivity contribution is -0.140. The van der Waals surface area contributed by atoms with Gasteiger partial charge >= 0.3 is 12.0 Å². The number of amides is 2. The van der Waals surface area contributed by atoms with E-state index >= 15 is 0 Å². The molecule has 1 aliphatic rings. The van der Waals surface area contributed by atoms with Crippen LogP contribution in [0.4, 0.5) is 4.79 Å². The third-order valence-electron chi connectivity index (χ3n) is 5.13. The number of aliphatic carboxylic acids is 1. The standard InChI is InChI=1S/C16H30N2O3/c1-5-15(2,3)18(4)14(21)17-12-16(11-13(19)20)9-7-6-8-10-16/h5-12H2,1-4H3,(H,17,21)(H,19,20). The molecule has 0 aliphatic heterocycles. The number of carboxylic acid groups (broad SMARTS) is 1. The van der Waals surface area contributed by atoms with Crippen LogP contribution in [0.2, 0.25) is 0 Å². The van der Waals surface area contributed by atoms with Crippen LogP contribution in [0.25, 0.3) is 0 Å². The highest BCUT2D eigenvalue weighted by molar-refractivity contribution is 5.75. The first-order valence-corrected chi connectivity index (χ1v) is 7.96. The van der Waals surface area contributed by atoms with Gasteiger partial charge in [-0.3, -0.25) is 4.79 Å². The quantitative estimate of drug-likeness (QED) is 0.791. The molecule has 1 fully saturated rings. The first-order chi connectivity index (χ1) is 9.72. The molecule has 0 atom stereocenters. The molecule has 0 bridgehead atoms. The van der Waals surface area contributed by atoms with Gasteiger partial charge in [0.2, 0.25) is 0 Å². The zero-order chi connectivity index (χ0) is 16.1. The average molecular weight is 298 g/mol. The van der Waals surface area contributed by atoms with Crippen LogP contribution in [0.3, 0.4) is 0 Å². The molecule has 21 heavy (non-hydrogen) atoms. The van der Waals surface area contributed by atoms with E-state index in [1.807, 2.05) is 13.8 Å². The highest BCUT2D eigenvalue weighted by Crippen LogP contribution is 2.38. The third-order valence-corrected chi connectivity index (χ3v) is 5.13. The molecule has 0 aromatic carbocycles. The molecular weight excluding hydrogens is 268 g/mol. The van der Waals surface area contributed by atoms with Crippen molar-refractivity contribution in [3.8, 4) is 0 Å². The highest BCUT2D eigenvalue weighted by Gasteiger charge is 2.35. The highest BCUT2D eigenvalue weighted by atomic mass is 16.4. The summed E-state index contributed by atoms with van der Waals surface area (Å²) >= 11 is 0. The van der Waals surface area contributed by atoms with Crippen molar-refractivity contribution in [1.82, 2.24) is 10.2 Å². The molecule has 1 aliphatic carbocycles. The smallest absolute Gasteiger partial charge is 0.317 e. The lowest BCUT2D eigenvalue weighted by Gasteiger charge is -2.39. The number of rotatable bonds is 6. The summed E-state index contributed by atoms with van der Waals surface area (Å²) in [5.41, 5.74) is -0.465. The number of carbonyl (C=O) groups excluding carboxylic acids is 1. The van der Waals surface area contributed by atoms with Crippen molar-refractivity contribution >= 4 is 12.0 Å². The summed E-state index contributed by atoms with van der Waals surface area (Å²) in [6.45, 7) is 6.57. The Bertz CT molecular complexity index is 374. The first kappa shape index (κ1) is 17.8. The molecule has 2 N–H and O–H groups in total. The molecule has 122 valence electrons. The molecule has 0 aromatic heterocycles. The third kappa shape index (κ3) is 4.90. The predicted molar refractivity (Wildman–Crippen MR) is 83.3 cm³/mol. The van der Waals surface area contributed by atoms with Crippen molar-refractivity contribution in [2.45, 2.75) is 71.3 Å². The molecule has 0 heterocycles. The summed E-state index contributed by atoms with van der Waals surface area (Å²) in [4.78, 5) is 25.1. The summed E-state index contributed by atoms with van der Waals surface area (Å²) < 4.78 is 0. The summed E-state index contributed by atoms with van der Waals surface area (Å²) in [7, 11) is 1.80. The number of carboxylic acids is 1. The largest absolute Gasteiger partial charge is 0.481 e. The SMILES string of the molecule is CCC(C)(C)N(C)C(=O)NCC1(CC(=O)O)CCCCC1. The van der Waals surface area contributed by atoms with Crippen LogP contribution in [-0.4, -0.2) is 41.1 Å². The fraction of sp³-hybridized carbons (Fsp3) is 0.875. The van der Waals surface area contributed by atoms with Crippen LogP contribution in [0.1, 0.15) is 65.7 Å². The van der Waals surface area contributed by atoms with E-state index in [0.717, 1.165) is 38.5 Å². The molecule has 5 nitrogen and oxygen atoms in total. The van der Waals surface area contributed by atoms with E-state index in [1.54, 1.807) is 11.9 Å². The van der Waals surface area contributed by atoms with Gasteiger partial charge in [0.25, 0.3) is 0 Å². The van der Waals surface area contributed by atoms with E-state index in [1.165, 1.54) is 0 Å². The molecule has 1 rings (SSSR count). The zero-order valence-electron chi connectivity index (χ0n) is 13.9. The Balaban J connectivity index is 2.64. The van der Waals surface area contributed by atoms with Gasteiger partial charge < -0.3 is 15.3 Å². The van der Waals surface area contributed by atoms with E-state index in [0.29, 0.717) is 6.54 Å². The van der Waals surface area contributed by atoms with Crippen molar-refractivity contribution in [2.24, 2.45) is 5.41 Å². The van der Waals surface area contributed by atoms with Crippen LogP contribution >= 0.6 is 0 Å². The second kappa shape index (κ2) is 7.14. The van der Waals surface area contributed by atoms with Crippen molar-refractivity contribution in [3.63, 3.8) is 0 Å². The minimum absolute atomic E-state index is 0.114. The van der Waals surface area contributed by atoms with Gasteiger partial charge in [-0.05, 0) is 38.5 Å². The van der Waals surface area contributed by atoms with Crippen LogP contribution in [0, 0.1) is 5.41 Å². The molecule has 0 aromatic rings. The van der Waals surface area contributed by atoms with Gasteiger partial charge in [0.1, 0.15) is 0 Å². The summed E-state index contributed by atoms with van der Waals surface area (Å²) in [5, 5.41) is 12.1. The van der Waals surface area contributed by atoms with Gasteiger partial charge in [0.15, 0.2) is 0 Å². The minimum Gasteiger partial charge on any atom is -0.481 e. The maximum Gasteiger partial charge on any atom is 0.317 e. The number of nitrogens with zero attached hydrogens (tertiary/aromatic N) is 1. The van der Waals surface area contributed by atoms with E-state index in [-0.39, 0.29) is 23.4 Å². The van der Waals surface area contributed by atoms with Crippen molar-refractivity contribution in [1.29, 1.82) is 0 Å². The summed E-state index contributed by atoms with van der Waals surface area (Å²) in [5.74, 6) is -0.770. The Kier molecular flexibility index (Phi) is 6.05. The van der Waals surface area contributed by atoms with Gasteiger partial charge in [-0.25, -0.2) is 4.79 Å². The first-order valence-electron chi connectivity index (χ1n) is 7.96. The van der Waals surface area contributed by atoms with Gasteiger partial charge in [0.05, 0.1) is 6.42 Å². The second-order valence-corrected chi connectivity index (χ2v) is 7.01. The van der Waals surface area contributed by atoms with Crippen molar-refractivity contribution in [2.75, 3.05) is 13.6 Å². The van der Waals surface area contributed by atoms with Crippen LogP contribution in [0.5, 0.6) is 0 Å². The fourth-order valence-corrected chi connectivity index (χ4v) is 2.93. The van der Waals surface area contributed by atoms with Gasteiger partial charge in [-0.1, -0.05) is 26.2 Å². The molecule has 0 saturated heterocycles. The van der Waals surface area contributed by atoms with Crippen molar-refractivity contribution in [3.05, 3.63) is 0 Å². The molecule has 1 saturated carbocycles. The molecular formula is C16H30N2O3. The number of hydrogen-bond acceptors (Lipinski definition) is 2. The lowest BCUT2D eigenvalue weighted by Crippen LogP contribution is -2.51. The normalized spacial score (nSPS) is 18.1. The van der Waals surface area contributed by atoms with Crippen LogP contribution < -0.4 is 5.32 Å². The van der Waals surface area contributed by atoms with E-state index in [4.69, 9.17) is 5.11 Å². The Labute approximate surface area is 128 Å². The zero-order valence-corrected chi connectivity index (χ0v) is 13.9. The Morgan fingerprint density at radius 2 is 1.81 bits per heavy atom. The summed E-state index contributed by atoms with van der Waals surface area (Å²) in [6, 6.07) is -0.114. The predicted octanol–water partition coefficient (Wildman–Crippen LogP) is 3.24. The van der Waals surface area contributed by atoms with E-state index in [9.17, 15) is 9.59 Å². The maximum atomic E-state index is 12.3. The Hall–Kier alpha value is -1.26. The minimum atomic E-state index is -0.770. The molecule has 2 amide bonds. The number of hydrogen-bond donors (Lipinski definition) is 2. The van der Waals surface area contributed by atoms with E-state index < -0.39 is 5.97 Å². The Morgan fingerprint density at radius 1 is 1.24 bits per heavy atom. The molecule has 0 radical (unpaired) electrons. The number of carbonyl (C=O) groups is 2. The maximum absolute atomic E-state index is 12.3. The van der Waals surface area contributed by atoms with Crippen LogP contribution in [-0.2, 0) is 4.79 Å². The van der Waals surface area contributed by atoms with Gasteiger partial charge in [-0.15, -0.1) is 0 Å². The lowest BCUT2D eigenvalue weighted by atomic mass is 9.72. The van der Waals surface area contributed by atoms with E-state index in [2.05, 4.69) is 12.2 Å². The Morgan fingerprint density at radius 3 is 2.29 bits per heavy atom. The number of urea groups is 1. The fourth-order valence-electron chi connectivity index (χ4n) is 2.93. The topological polar surface area (TPSA) is 69.6 Å². The molecule has 5 heteroatoms. The monoisotopic (exact) mass is 298 g/mol. The van der Waals surface area contributed by atoms with Gasteiger partial charge in [0, 0.05) is 19.1 Å². The summed E-state index contributed by atoms with van der Waals surface area (Å²) in [6.07, 6.45) is 6.07. The molecule has 0 unspecified atom stereocenters. The van der Waals surface area contributed by atoms with Crippen molar-refractivity contribution < 1.29 is 14.7 Å². The molecule has 0 spiro atoms. The number of nitrogens with one attached hydrogen (secondary N) is 1.